The van der Waals surface area contributed by atoms with Crippen LogP contribution in [0, 0.1) is 0 Å². The zero-order chi connectivity index (χ0) is 11.4. The Bertz CT molecular complexity index is 312. The molecule has 0 unspecified atom stereocenters. The van der Waals surface area contributed by atoms with Crippen molar-refractivity contribution in [1.82, 2.24) is 9.88 Å². The van der Waals surface area contributed by atoms with Gasteiger partial charge in [-0.1, -0.05) is 19.9 Å². The number of rotatable bonds is 3. The van der Waals surface area contributed by atoms with E-state index in [0.717, 1.165) is 45.0 Å². The zero-order valence-electron chi connectivity index (χ0n) is 10.3. The lowest BCUT2D eigenvalue weighted by molar-refractivity contribution is 0.270. The van der Waals surface area contributed by atoms with Crippen LogP contribution in [0.3, 0.4) is 0 Å². The number of nitrogens with zero attached hydrogens (tertiary/aromatic N) is 3. The average molecular weight is 219 g/mol. The van der Waals surface area contributed by atoms with Gasteiger partial charge in [0.1, 0.15) is 5.82 Å². The molecule has 0 radical (unpaired) electrons. The number of likely N-dealkylation sites (N-methyl/N-ethyl adjacent to an activating group) is 1. The minimum absolute atomic E-state index is 1.07. The fourth-order valence-electron chi connectivity index (χ4n) is 2.11. The highest BCUT2D eigenvalue weighted by Gasteiger charge is 2.16. The van der Waals surface area contributed by atoms with E-state index in [9.17, 15) is 0 Å². The number of anilines is 1. The minimum atomic E-state index is 1.07. The number of aryl methyl sites for hydroxylation is 1. The van der Waals surface area contributed by atoms with E-state index >= 15 is 0 Å². The molecule has 0 bridgehead atoms. The zero-order valence-corrected chi connectivity index (χ0v) is 10.3. The third-order valence-corrected chi connectivity index (χ3v) is 3.36. The van der Waals surface area contributed by atoms with Crippen molar-refractivity contribution in [1.29, 1.82) is 0 Å². The SMILES string of the molecule is CCc1ccc(N2CCN(CC)CC2)nc1. The largest absolute Gasteiger partial charge is 0.354 e. The average Bonchev–Trinajstić information content (AvgIpc) is 2.39. The predicted molar refractivity (Wildman–Crippen MR) is 67.9 cm³/mol. The second kappa shape index (κ2) is 5.30. The van der Waals surface area contributed by atoms with Crippen LogP contribution in [-0.4, -0.2) is 42.6 Å². The standard InChI is InChI=1S/C13H21N3/c1-3-12-5-6-13(14-11-12)16-9-7-15(4-2)8-10-16/h5-6,11H,3-4,7-10H2,1-2H3. The van der Waals surface area contributed by atoms with Gasteiger partial charge < -0.3 is 9.80 Å². The second-order valence-electron chi connectivity index (χ2n) is 4.30. The predicted octanol–water partition coefficient (Wildman–Crippen LogP) is 1.79. The number of pyridine rings is 1. The topological polar surface area (TPSA) is 19.4 Å². The molecule has 0 spiro atoms. The molecule has 2 heterocycles. The van der Waals surface area contributed by atoms with Crippen LogP contribution in [-0.2, 0) is 6.42 Å². The van der Waals surface area contributed by atoms with Gasteiger partial charge in [-0.2, -0.15) is 0 Å². The molecule has 3 nitrogen and oxygen atoms in total. The maximum atomic E-state index is 4.53. The van der Waals surface area contributed by atoms with Crippen LogP contribution in [0.25, 0.3) is 0 Å². The number of aromatic nitrogens is 1. The summed E-state index contributed by atoms with van der Waals surface area (Å²) in [5, 5.41) is 0. The minimum Gasteiger partial charge on any atom is -0.354 e. The second-order valence-corrected chi connectivity index (χ2v) is 4.30. The first-order valence-corrected chi connectivity index (χ1v) is 6.25. The molecule has 1 aromatic heterocycles. The van der Waals surface area contributed by atoms with Crippen LogP contribution in [0.15, 0.2) is 18.3 Å². The summed E-state index contributed by atoms with van der Waals surface area (Å²) >= 11 is 0. The fraction of sp³-hybridized carbons (Fsp3) is 0.615. The summed E-state index contributed by atoms with van der Waals surface area (Å²) in [6, 6.07) is 4.34. The Morgan fingerprint density at radius 3 is 2.38 bits per heavy atom. The highest BCUT2D eigenvalue weighted by Crippen LogP contribution is 2.14. The molecular formula is C13H21N3. The van der Waals surface area contributed by atoms with Gasteiger partial charge in [0.25, 0.3) is 0 Å². The first kappa shape index (κ1) is 11.4. The Hall–Kier alpha value is -1.09. The fourth-order valence-corrected chi connectivity index (χ4v) is 2.11. The summed E-state index contributed by atoms with van der Waals surface area (Å²) in [5.74, 6) is 1.13. The van der Waals surface area contributed by atoms with E-state index in [1.54, 1.807) is 0 Å². The van der Waals surface area contributed by atoms with E-state index in [4.69, 9.17) is 0 Å². The first-order chi connectivity index (χ1) is 7.83. The van der Waals surface area contributed by atoms with Gasteiger partial charge >= 0.3 is 0 Å². The molecule has 0 aliphatic carbocycles. The highest BCUT2D eigenvalue weighted by atomic mass is 15.3. The van der Waals surface area contributed by atoms with Gasteiger partial charge in [-0.25, -0.2) is 4.98 Å². The molecule has 0 atom stereocenters. The van der Waals surface area contributed by atoms with E-state index in [0.29, 0.717) is 0 Å². The monoisotopic (exact) mass is 219 g/mol. The molecular weight excluding hydrogens is 198 g/mol. The van der Waals surface area contributed by atoms with E-state index in [1.165, 1.54) is 5.56 Å². The molecule has 0 amide bonds. The van der Waals surface area contributed by atoms with Crippen LogP contribution in [0.5, 0.6) is 0 Å². The van der Waals surface area contributed by atoms with Gasteiger partial charge in [-0.05, 0) is 24.6 Å². The van der Waals surface area contributed by atoms with Crippen LogP contribution >= 0.6 is 0 Å². The molecule has 1 fully saturated rings. The summed E-state index contributed by atoms with van der Waals surface area (Å²) in [7, 11) is 0. The van der Waals surface area contributed by atoms with Gasteiger partial charge in [0, 0.05) is 32.4 Å². The summed E-state index contributed by atoms with van der Waals surface area (Å²) in [4.78, 5) is 9.40. The first-order valence-electron chi connectivity index (χ1n) is 6.25. The van der Waals surface area contributed by atoms with Crippen molar-refractivity contribution in [2.24, 2.45) is 0 Å². The molecule has 1 aromatic rings. The van der Waals surface area contributed by atoms with Gasteiger partial charge in [0.15, 0.2) is 0 Å². The maximum Gasteiger partial charge on any atom is 0.128 e. The van der Waals surface area contributed by atoms with Gasteiger partial charge in [-0.3, -0.25) is 0 Å². The molecule has 88 valence electrons. The Morgan fingerprint density at radius 1 is 1.12 bits per heavy atom. The van der Waals surface area contributed by atoms with E-state index in [1.807, 2.05) is 6.20 Å². The molecule has 3 heteroatoms. The Morgan fingerprint density at radius 2 is 1.88 bits per heavy atom. The number of hydrogen-bond donors (Lipinski definition) is 0. The van der Waals surface area contributed by atoms with Crippen molar-refractivity contribution in [2.75, 3.05) is 37.6 Å². The van der Waals surface area contributed by atoms with Crippen LogP contribution < -0.4 is 4.90 Å². The van der Waals surface area contributed by atoms with Crippen molar-refractivity contribution < 1.29 is 0 Å². The summed E-state index contributed by atoms with van der Waals surface area (Å²) in [5.41, 5.74) is 1.32. The molecule has 1 aliphatic rings. The van der Waals surface area contributed by atoms with Crippen molar-refractivity contribution >= 4 is 5.82 Å². The summed E-state index contributed by atoms with van der Waals surface area (Å²) < 4.78 is 0. The quantitative estimate of drug-likeness (QED) is 0.772. The van der Waals surface area contributed by atoms with E-state index < -0.39 is 0 Å². The smallest absolute Gasteiger partial charge is 0.128 e. The Balaban J connectivity index is 1.97. The highest BCUT2D eigenvalue weighted by molar-refractivity contribution is 5.39. The third kappa shape index (κ3) is 2.53. The normalized spacial score (nSPS) is 17.8. The molecule has 0 saturated carbocycles. The molecule has 16 heavy (non-hydrogen) atoms. The third-order valence-electron chi connectivity index (χ3n) is 3.36. The molecule has 1 aliphatic heterocycles. The molecule has 0 N–H and O–H groups in total. The molecule has 0 aromatic carbocycles. The van der Waals surface area contributed by atoms with Gasteiger partial charge in [0.05, 0.1) is 0 Å². The molecule has 1 saturated heterocycles. The Labute approximate surface area is 98.1 Å². The summed E-state index contributed by atoms with van der Waals surface area (Å²) in [6.07, 6.45) is 3.07. The van der Waals surface area contributed by atoms with Gasteiger partial charge in [-0.15, -0.1) is 0 Å². The molecule has 2 rings (SSSR count). The lowest BCUT2D eigenvalue weighted by atomic mass is 10.2. The Kier molecular flexibility index (Phi) is 3.78. The van der Waals surface area contributed by atoms with Crippen molar-refractivity contribution in [3.8, 4) is 0 Å². The maximum absolute atomic E-state index is 4.53. The van der Waals surface area contributed by atoms with Crippen LogP contribution in [0.4, 0.5) is 5.82 Å². The van der Waals surface area contributed by atoms with Gasteiger partial charge in [0.2, 0.25) is 0 Å². The van der Waals surface area contributed by atoms with Crippen LogP contribution in [0.2, 0.25) is 0 Å². The van der Waals surface area contributed by atoms with Crippen molar-refractivity contribution in [3.05, 3.63) is 23.9 Å². The number of piperazine rings is 1. The van der Waals surface area contributed by atoms with Crippen LogP contribution in [0.1, 0.15) is 19.4 Å². The lowest BCUT2D eigenvalue weighted by Gasteiger charge is -2.34. The lowest BCUT2D eigenvalue weighted by Crippen LogP contribution is -2.46. The van der Waals surface area contributed by atoms with Crippen molar-refractivity contribution in [3.63, 3.8) is 0 Å². The van der Waals surface area contributed by atoms with E-state index in [-0.39, 0.29) is 0 Å². The van der Waals surface area contributed by atoms with E-state index in [2.05, 4.69) is 40.8 Å². The number of hydrogen-bond acceptors (Lipinski definition) is 3. The summed E-state index contributed by atoms with van der Waals surface area (Å²) in [6.45, 7) is 10.1. The van der Waals surface area contributed by atoms with Crippen molar-refractivity contribution in [2.45, 2.75) is 20.3 Å².